The van der Waals surface area contributed by atoms with Crippen LogP contribution < -0.4 is 38.4 Å². The average molecular weight is 1540 g/mol. The number of aromatic nitrogens is 2. The van der Waals surface area contributed by atoms with Crippen molar-refractivity contribution in [3.8, 4) is 45.6 Å². The van der Waals surface area contributed by atoms with Crippen molar-refractivity contribution < 1.29 is 75.4 Å². The van der Waals surface area contributed by atoms with Crippen molar-refractivity contribution in [3.63, 3.8) is 0 Å². The highest BCUT2D eigenvalue weighted by Gasteiger charge is 2.35. The highest BCUT2D eigenvalue weighted by Crippen LogP contribution is 2.38. The van der Waals surface area contributed by atoms with Crippen molar-refractivity contribution in [1.29, 1.82) is 0 Å². The summed E-state index contributed by atoms with van der Waals surface area (Å²) in [5, 5.41) is 14.8. The summed E-state index contributed by atoms with van der Waals surface area (Å²) in [5.41, 5.74) is 3.54. The lowest BCUT2D eigenvalue weighted by Crippen LogP contribution is -2.30. The molecule has 110 heavy (non-hydrogen) atoms. The Morgan fingerprint density at radius 3 is 1.14 bits per heavy atom. The van der Waals surface area contributed by atoms with Gasteiger partial charge < -0.3 is 37.9 Å². The van der Waals surface area contributed by atoms with Gasteiger partial charge in [-0.15, -0.1) is 0 Å². The van der Waals surface area contributed by atoms with Crippen LogP contribution in [0.3, 0.4) is 0 Å². The fraction of sp³-hybridized carbons (Fsp3) is 0.419. The molecule has 2 aliphatic carbocycles. The van der Waals surface area contributed by atoms with Gasteiger partial charge in [0.15, 0.2) is 0 Å². The van der Waals surface area contributed by atoms with Crippen molar-refractivity contribution in [2.24, 2.45) is 33.9 Å². The molecule has 8 aromatic rings. The molecule has 0 unspecified atom stereocenters. The molecule has 24 heteroatoms. The van der Waals surface area contributed by atoms with Crippen molar-refractivity contribution in [3.05, 3.63) is 169 Å². The molecule has 20 nitrogen and oxygen atoms in total. The Hall–Kier alpha value is -10.2. The molecule has 6 aromatic carbocycles. The summed E-state index contributed by atoms with van der Waals surface area (Å²) in [6, 6.07) is 33.7. The smallest absolute Gasteiger partial charge is 0.330 e. The van der Waals surface area contributed by atoms with Gasteiger partial charge in [0.1, 0.15) is 46.1 Å². The third-order valence-corrected chi connectivity index (χ3v) is 21.4. The van der Waals surface area contributed by atoms with E-state index in [0.717, 1.165) is 115 Å². The van der Waals surface area contributed by atoms with Crippen LogP contribution in [0.4, 0.5) is 19.0 Å². The van der Waals surface area contributed by atoms with Gasteiger partial charge >= 0.3 is 35.8 Å². The summed E-state index contributed by atoms with van der Waals surface area (Å²) < 4.78 is 76.8. The van der Waals surface area contributed by atoms with E-state index in [0.29, 0.717) is 167 Å². The fourth-order valence-corrected chi connectivity index (χ4v) is 14.9. The molecule has 10 rings (SSSR count). The minimum atomic E-state index is -0.522. The first-order chi connectivity index (χ1) is 53.6. The van der Waals surface area contributed by atoms with E-state index in [4.69, 9.17) is 58.1 Å². The molecule has 2 aliphatic rings. The van der Waals surface area contributed by atoms with Crippen LogP contribution in [-0.2, 0) is 38.2 Å². The second-order valence-corrected chi connectivity index (χ2v) is 29.6. The normalized spacial score (nSPS) is 15.6. The highest BCUT2D eigenvalue weighted by atomic mass is 32.1. The van der Waals surface area contributed by atoms with E-state index in [1.807, 2.05) is 24.3 Å². The molecule has 0 radical (unpaired) electrons. The number of carbonyl (C=O) groups excluding carboxylic acids is 6. The first kappa shape index (κ1) is 82.3. The van der Waals surface area contributed by atoms with Gasteiger partial charge in [0.05, 0.1) is 83.0 Å². The van der Waals surface area contributed by atoms with Gasteiger partial charge in [-0.05, 0) is 236 Å². The van der Waals surface area contributed by atoms with Gasteiger partial charge in [-0.3, -0.25) is 19.2 Å². The quantitative estimate of drug-likeness (QED) is 0.00863. The number of benzene rings is 6. The molecule has 2 aromatic heterocycles. The molecular formula is C86H98F2N6O14S2. The minimum Gasteiger partial charge on any atom is -0.494 e. The first-order valence-corrected chi connectivity index (χ1v) is 40.2. The highest BCUT2D eigenvalue weighted by molar-refractivity contribution is 7.22. The number of hydrogen-bond acceptors (Lipinski definition) is 22. The SMILES string of the molecule is C=CC(=O)OCCCCCCOc1ccc(OC(=O)C2CCC(C(=O)Oc3ccc(-c4ccc(OC(=O)C5CCC(C(=O)Oc6ccc(OCCCCCCOC(=O)C=C)cc6)CC5)c(/C=N/N(CCCCCC)c5nc6ccc(F)cc6s5)c4)cc3/C=N/N(CCCCCC)c3nc4ccc(F)cc4s3)CC2)cc1. The van der Waals surface area contributed by atoms with E-state index in [2.05, 4.69) is 27.0 Å². The summed E-state index contributed by atoms with van der Waals surface area (Å²) in [5.74, 6) is -2.64. The Morgan fingerprint density at radius 2 is 0.773 bits per heavy atom. The lowest BCUT2D eigenvalue weighted by atomic mass is 9.82. The number of anilines is 2. The Labute approximate surface area is 649 Å². The standard InChI is InChI=1S/C86H98F2N6O14S2/c1-5-9-11-17-47-93(85-91-73-43-33-67(87)55-77(73)109-85)89-57-65-53-63(31-45-75(65)107-83(99)61-27-23-59(24-28-61)81(97)105-71-39-35-69(36-40-71)101-49-19-13-15-21-51-103-79(95)7-3)64-32-46-76(66(54-64)58-90-94(48-18-12-10-6-2)86-92-74-44-34-68(88)56-78(74)110-86)108-84(100)62-29-25-60(26-30-62)82(98)106-72-41-37-70(38-42-72)102-50-20-14-16-22-52-104-80(96)8-4/h7-8,31-46,53-62H,3-6,9-30,47-52H2,1-2H3/b89-57+,90-58+. The number of rotatable bonds is 43. The predicted octanol–water partition coefficient (Wildman–Crippen LogP) is 19.7. The van der Waals surface area contributed by atoms with Crippen LogP contribution in [0.2, 0.25) is 0 Å². The molecule has 0 atom stereocenters. The molecule has 0 N–H and O–H groups in total. The lowest BCUT2D eigenvalue weighted by molar-refractivity contribution is -0.145. The van der Waals surface area contributed by atoms with Gasteiger partial charge in [-0.1, -0.05) is 100 Å². The summed E-state index contributed by atoms with van der Waals surface area (Å²) >= 11 is 2.65. The number of fused-ring (bicyclic) bond motifs is 2. The zero-order valence-electron chi connectivity index (χ0n) is 62.8. The maximum atomic E-state index is 14.6. The average Bonchev–Trinajstić information content (AvgIpc) is 1.35. The summed E-state index contributed by atoms with van der Waals surface area (Å²) in [6.07, 6.45) is 23.1. The Balaban J connectivity index is 0.855. The van der Waals surface area contributed by atoms with Gasteiger partial charge in [-0.25, -0.2) is 38.4 Å². The largest absolute Gasteiger partial charge is 0.494 e. The molecule has 2 fully saturated rings. The maximum absolute atomic E-state index is 14.6. The van der Waals surface area contributed by atoms with Crippen LogP contribution in [0.1, 0.15) is 179 Å². The molecule has 2 saturated carbocycles. The van der Waals surface area contributed by atoms with Crippen molar-refractivity contribution in [2.75, 3.05) is 49.5 Å². The lowest BCUT2D eigenvalue weighted by Gasteiger charge is -2.26. The van der Waals surface area contributed by atoms with Gasteiger partial charge in [0.25, 0.3) is 0 Å². The number of ether oxygens (including phenoxy) is 8. The molecule has 0 amide bonds. The van der Waals surface area contributed by atoms with Crippen LogP contribution in [0.25, 0.3) is 31.6 Å². The van der Waals surface area contributed by atoms with E-state index >= 15 is 0 Å². The number of hydrazone groups is 2. The van der Waals surface area contributed by atoms with Crippen LogP contribution in [-0.4, -0.2) is 97.7 Å². The van der Waals surface area contributed by atoms with E-state index in [1.54, 1.807) is 95.2 Å². The number of nitrogens with zero attached hydrogens (tertiary/aromatic N) is 6. The monoisotopic (exact) mass is 1540 g/mol. The molecule has 582 valence electrons. The number of halogens is 2. The molecule has 0 bridgehead atoms. The van der Waals surface area contributed by atoms with E-state index in [9.17, 15) is 37.5 Å². The fourth-order valence-electron chi connectivity index (χ4n) is 13.0. The van der Waals surface area contributed by atoms with Gasteiger partial charge in [0.2, 0.25) is 10.3 Å². The maximum Gasteiger partial charge on any atom is 0.330 e. The molecular weight excluding hydrogens is 1440 g/mol. The molecule has 0 spiro atoms. The topological polar surface area (TPSA) is 233 Å². The second kappa shape index (κ2) is 43.3. The number of hydrogen-bond donors (Lipinski definition) is 0. The third-order valence-electron chi connectivity index (χ3n) is 19.3. The summed E-state index contributed by atoms with van der Waals surface area (Å²) in [6.45, 7) is 13.8. The number of esters is 6. The van der Waals surface area contributed by atoms with Gasteiger partial charge in [-0.2, -0.15) is 10.2 Å². The predicted molar refractivity (Wildman–Crippen MR) is 426 cm³/mol. The molecule has 2 heterocycles. The number of thiazole rings is 2. The molecule has 0 aliphatic heterocycles. The van der Waals surface area contributed by atoms with Crippen LogP contribution in [0.15, 0.2) is 157 Å². The summed E-state index contributed by atoms with van der Waals surface area (Å²) in [7, 11) is 0. The minimum absolute atomic E-state index is 0.241. The summed E-state index contributed by atoms with van der Waals surface area (Å²) in [4.78, 5) is 88.3. The Kier molecular flexibility index (Phi) is 32.4. The molecule has 0 saturated heterocycles. The Morgan fingerprint density at radius 1 is 0.427 bits per heavy atom. The van der Waals surface area contributed by atoms with E-state index < -0.39 is 47.5 Å². The Bertz CT molecular complexity index is 4160. The zero-order valence-corrected chi connectivity index (χ0v) is 64.4. The van der Waals surface area contributed by atoms with Crippen LogP contribution >= 0.6 is 22.7 Å². The third kappa shape index (κ3) is 25.4. The van der Waals surface area contributed by atoms with E-state index in [-0.39, 0.29) is 35.1 Å². The van der Waals surface area contributed by atoms with E-state index in [1.165, 1.54) is 46.9 Å². The van der Waals surface area contributed by atoms with Gasteiger partial charge in [0, 0.05) is 36.4 Å². The zero-order chi connectivity index (χ0) is 77.4. The van der Waals surface area contributed by atoms with Crippen molar-refractivity contribution in [2.45, 2.75) is 168 Å². The number of carbonyl (C=O) groups is 6. The van der Waals surface area contributed by atoms with Crippen molar-refractivity contribution in [1.82, 2.24) is 9.97 Å². The first-order valence-electron chi connectivity index (χ1n) is 38.6. The van der Waals surface area contributed by atoms with Crippen LogP contribution in [0, 0.1) is 35.3 Å². The second-order valence-electron chi connectivity index (χ2n) is 27.6. The van der Waals surface area contributed by atoms with Crippen LogP contribution in [0.5, 0.6) is 34.5 Å². The number of unbranched alkanes of at least 4 members (excludes halogenated alkanes) is 12. The van der Waals surface area contributed by atoms with Crippen molar-refractivity contribution >= 4 is 102 Å².